The normalized spacial score (nSPS) is 25.8. The second kappa shape index (κ2) is 6.58. The average Bonchev–Trinajstić information content (AvgIpc) is 3.23. The zero-order valence-corrected chi connectivity index (χ0v) is 12.3. The summed E-state index contributed by atoms with van der Waals surface area (Å²) < 4.78 is 5.23. The van der Waals surface area contributed by atoms with Crippen molar-refractivity contribution in [1.29, 1.82) is 0 Å². The Balaban J connectivity index is 1.44. The second-order valence-electron chi connectivity index (χ2n) is 6.15. The van der Waals surface area contributed by atoms with Crippen LogP contribution in [0.4, 0.5) is 0 Å². The van der Waals surface area contributed by atoms with Crippen molar-refractivity contribution < 1.29 is 9.32 Å². The molecule has 116 valence electrons. The van der Waals surface area contributed by atoms with Crippen LogP contribution in [0.1, 0.15) is 60.7 Å². The van der Waals surface area contributed by atoms with Gasteiger partial charge in [-0.15, -0.1) is 0 Å². The molecule has 0 spiro atoms. The van der Waals surface area contributed by atoms with Crippen LogP contribution in [0.5, 0.6) is 0 Å². The van der Waals surface area contributed by atoms with Crippen molar-refractivity contribution in [1.82, 2.24) is 15.8 Å². The van der Waals surface area contributed by atoms with Gasteiger partial charge in [-0.3, -0.25) is 4.79 Å². The molecule has 6 nitrogen and oxygen atoms in total. The Morgan fingerprint density at radius 3 is 2.62 bits per heavy atom. The molecule has 6 heteroatoms. The average molecular weight is 292 g/mol. The van der Waals surface area contributed by atoms with Gasteiger partial charge in [0.15, 0.2) is 5.69 Å². The molecular formula is C15H24N4O2. The van der Waals surface area contributed by atoms with E-state index in [1.165, 1.54) is 0 Å². The lowest BCUT2D eigenvalue weighted by atomic mass is 9.91. The smallest absolute Gasteiger partial charge is 0.273 e. The minimum atomic E-state index is -0.107. The maximum atomic E-state index is 12.2. The van der Waals surface area contributed by atoms with Crippen molar-refractivity contribution in [3.63, 3.8) is 0 Å². The number of hydrogen-bond donors (Lipinski definition) is 3. The van der Waals surface area contributed by atoms with Crippen molar-refractivity contribution in [3.05, 3.63) is 17.5 Å². The fourth-order valence-electron chi connectivity index (χ4n) is 2.95. The van der Waals surface area contributed by atoms with Gasteiger partial charge < -0.3 is 20.9 Å². The minimum absolute atomic E-state index is 0.107. The predicted octanol–water partition coefficient (Wildman–Crippen LogP) is 1.14. The largest absolute Gasteiger partial charge is 0.360 e. The molecule has 2 aliphatic carbocycles. The summed E-state index contributed by atoms with van der Waals surface area (Å²) in [5, 5.41) is 10.4. The maximum absolute atomic E-state index is 12.2. The monoisotopic (exact) mass is 292 g/mol. The van der Waals surface area contributed by atoms with E-state index in [9.17, 15) is 4.79 Å². The Hall–Kier alpha value is -1.40. The zero-order chi connectivity index (χ0) is 14.7. The molecule has 1 heterocycles. The van der Waals surface area contributed by atoms with Crippen LogP contribution >= 0.6 is 0 Å². The number of amides is 1. The Morgan fingerprint density at radius 1 is 1.24 bits per heavy atom. The summed E-state index contributed by atoms with van der Waals surface area (Å²) in [6, 6.07) is 2.58. The summed E-state index contributed by atoms with van der Waals surface area (Å²) in [4.78, 5) is 12.2. The van der Waals surface area contributed by atoms with Gasteiger partial charge in [-0.2, -0.15) is 0 Å². The van der Waals surface area contributed by atoms with E-state index in [0.29, 0.717) is 24.2 Å². The van der Waals surface area contributed by atoms with E-state index >= 15 is 0 Å². The molecule has 1 amide bonds. The van der Waals surface area contributed by atoms with Crippen molar-refractivity contribution in [2.75, 3.05) is 13.1 Å². The molecule has 1 aromatic heterocycles. The summed E-state index contributed by atoms with van der Waals surface area (Å²) in [7, 11) is 0. The molecule has 4 N–H and O–H groups in total. The highest BCUT2D eigenvalue weighted by Crippen LogP contribution is 2.40. The highest BCUT2D eigenvalue weighted by atomic mass is 16.5. The first-order chi connectivity index (χ1) is 10.3. The zero-order valence-electron chi connectivity index (χ0n) is 12.3. The quantitative estimate of drug-likeness (QED) is 0.731. The number of nitrogens with one attached hydrogen (secondary N) is 2. The number of carbonyl (C=O) groups excluding carboxylic acids is 1. The number of hydrogen-bond acceptors (Lipinski definition) is 5. The Bertz CT molecular complexity index is 476. The Labute approximate surface area is 124 Å². The topological polar surface area (TPSA) is 93.2 Å². The van der Waals surface area contributed by atoms with Crippen LogP contribution in [0, 0.1) is 0 Å². The van der Waals surface area contributed by atoms with Crippen LogP contribution < -0.4 is 16.4 Å². The van der Waals surface area contributed by atoms with Crippen LogP contribution in [0.25, 0.3) is 0 Å². The fraction of sp³-hybridized carbons (Fsp3) is 0.733. The van der Waals surface area contributed by atoms with Gasteiger partial charge in [0.1, 0.15) is 5.76 Å². The van der Waals surface area contributed by atoms with Crippen LogP contribution in [0.2, 0.25) is 0 Å². The van der Waals surface area contributed by atoms with E-state index in [1.807, 2.05) is 0 Å². The maximum Gasteiger partial charge on any atom is 0.273 e. The van der Waals surface area contributed by atoms with Crippen LogP contribution in [0.3, 0.4) is 0 Å². The lowest BCUT2D eigenvalue weighted by Crippen LogP contribution is -2.43. The first-order valence-corrected chi connectivity index (χ1v) is 7.97. The van der Waals surface area contributed by atoms with Gasteiger partial charge in [0, 0.05) is 37.2 Å². The molecule has 1 aromatic rings. The molecule has 3 rings (SSSR count). The third-order valence-corrected chi connectivity index (χ3v) is 4.38. The van der Waals surface area contributed by atoms with Gasteiger partial charge in [0.05, 0.1) is 0 Å². The first-order valence-electron chi connectivity index (χ1n) is 7.97. The van der Waals surface area contributed by atoms with E-state index in [0.717, 1.165) is 50.8 Å². The van der Waals surface area contributed by atoms with E-state index in [4.69, 9.17) is 10.3 Å². The molecule has 2 saturated carbocycles. The van der Waals surface area contributed by atoms with Crippen molar-refractivity contribution in [2.45, 2.75) is 56.5 Å². The molecule has 0 unspecified atom stereocenters. The van der Waals surface area contributed by atoms with E-state index in [1.54, 1.807) is 6.07 Å². The van der Waals surface area contributed by atoms with Crippen molar-refractivity contribution >= 4 is 5.91 Å². The summed E-state index contributed by atoms with van der Waals surface area (Å²) in [6.07, 6.45) is 6.46. The Morgan fingerprint density at radius 2 is 1.95 bits per heavy atom. The summed E-state index contributed by atoms with van der Waals surface area (Å²) >= 11 is 0. The lowest BCUT2D eigenvalue weighted by molar-refractivity contribution is 0.0915. The molecule has 0 aliphatic heterocycles. The number of aromatic nitrogens is 1. The second-order valence-corrected chi connectivity index (χ2v) is 6.15. The SMILES string of the molecule is NCCN[C@H]1CC[C@H](NC(=O)c2cc(C3CC3)on2)CC1. The third-order valence-electron chi connectivity index (χ3n) is 4.38. The number of nitrogens with two attached hydrogens (primary N) is 1. The lowest BCUT2D eigenvalue weighted by Gasteiger charge is -2.29. The first kappa shape index (κ1) is 14.5. The van der Waals surface area contributed by atoms with Gasteiger partial charge in [0.2, 0.25) is 0 Å². The molecule has 0 aromatic carbocycles. The molecule has 0 atom stereocenters. The highest BCUT2D eigenvalue weighted by Gasteiger charge is 2.29. The van der Waals surface area contributed by atoms with E-state index in [-0.39, 0.29) is 11.9 Å². The molecule has 2 aliphatic rings. The van der Waals surface area contributed by atoms with Gasteiger partial charge in [-0.1, -0.05) is 5.16 Å². The molecule has 0 bridgehead atoms. The van der Waals surface area contributed by atoms with Crippen molar-refractivity contribution in [3.8, 4) is 0 Å². The third kappa shape index (κ3) is 3.83. The van der Waals surface area contributed by atoms with Gasteiger partial charge in [-0.25, -0.2) is 0 Å². The van der Waals surface area contributed by atoms with Gasteiger partial charge in [0.25, 0.3) is 5.91 Å². The number of nitrogens with zero attached hydrogens (tertiary/aromatic N) is 1. The standard InChI is InChI=1S/C15H24N4O2/c16-7-8-17-11-3-5-12(6-4-11)18-15(20)13-9-14(21-19-13)10-1-2-10/h9-12,17H,1-8,16H2,(H,18,20)/t11-,12-. The summed E-state index contributed by atoms with van der Waals surface area (Å²) in [5.74, 6) is 1.24. The van der Waals surface area contributed by atoms with E-state index < -0.39 is 0 Å². The minimum Gasteiger partial charge on any atom is -0.360 e. The molecule has 2 fully saturated rings. The number of rotatable bonds is 6. The van der Waals surface area contributed by atoms with Crippen LogP contribution in [-0.2, 0) is 0 Å². The summed E-state index contributed by atoms with van der Waals surface area (Å²) in [6.45, 7) is 1.54. The van der Waals surface area contributed by atoms with Gasteiger partial charge in [-0.05, 0) is 38.5 Å². The highest BCUT2D eigenvalue weighted by molar-refractivity contribution is 5.92. The van der Waals surface area contributed by atoms with Crippen molar-refractivity contribution in [2.24, 2.45) is 5.73 Å². The van der Waals surface area contributed by atoms with Crippen LogP contribution in [-0.4, -0.2) is 36.2 Å². The molecule has 0 radical (unpaired) electrons. The molecule has 0 saturated heterocycles. The predicted molar refractivity (Wildman–Crippen MR) is 79.0 cm³/mol. The fourth-order valence-corrected chi connectivity index (χ4v) is 2.95. The molecule has 21 heavy (non-hydrogen) atoms. The van der Waals surface area contributed by atoms with Crippen LogP contribution in [0.15, 0.2) is 10.6 Å². The van der Waals surface area contributed by atoms with Gasteiger partial charge >= 0.3 is 0 Å². The molecular weight excluding hydrogens is 268 g/mol. The van der Waals surface area contributed by atoms with E-state index in [2.05, 4.69) is 15.8 Å². The Kier molecular flexibility index (Phi) is 4.55. The summed E-state index contributed by atoms with van der Waals surface area (Å²) in [5.41, 5.74) is 5.91. The number of carbonyl (C=O) groups is 1.